The quantitative estimate of drug-likeness (QED) is 0.877. The molecule has 19 heavy (non-hydrogen) atoms. The van der Waals surface area contributed by atoms with Gasteiger partial charge in [-0.05, 0) is 32.6 Å². The molecule has 1 atom stereocenters. The van der Waals surface area contributed by atoms with E-state index in [-0.39, 0.29) is 0 Å². The second kappa shape index (κ2) is 6.54. The Hall–Kier alpha value is -1.59. The molecule has 1 aliphatic heterocycles. The smallest absolute Gasteiger partial charge is 0.323 e. The summed E-state index contributed by atoms with van der Waals surface area (Å²) in [7, 11) is 0. The lowest BCUT2D eigenvalue weighted by molar-refractivity contribution is 0.311. The summed E-state index contributed by atoms with van der Waals surface area (Å²) in [4.78, 5) is 15.3. The highest BCUT2D eigenvalue weighted by Gasteiger charge is 2.20. The standard InChI is InChI=1S/C13H23N5O/c1-4-14-11-15-12(17-13(16-11)19-5-2)18-8-6-7-10(3)9-18/h10H,4-9H2,1-3H3,(H,14,15,16,17). The topological polar surface area (TPSA) is 63.2 Å². The Morgan fingerprint density at radius 3 is 2.84 bits per heavy atom. The van der Waals surface area contributed by atoms with E-state index in [1.54, 1.807) is 0 Å². The third kappa shape index (κ3) is 3.68. The summed E-state index contributed by atoms with van der Waals surface area (Å²) in [6.07, 6.45) is 2.47. The number of rotatable bonds is 5. The largest absolute Gasteiger partial charge is 0.464 e. The van der Waals surface area contributed by atoms with E-state index in [1.807, 2.05) is 13.8 Å². The molecule has 0 radical (unpaired) electrons. The van der Waals surface area contributed by atoms with Crippen LogP contribution in [0.3, 0.4) is 0 Å². The van der Waals surface area contributed by atoms with Gasteiger partial charge in [0.05, 0.1) is 6.61 Å². The maximum atomic E-state index is 5.42. The minimum atomic E-state index is 0.404. The first-order chi connectivity index (χ1) is 9.22. The van der Waals surface area contributed by atoms with Crippen LogP contribution in [-0.2, 0) is 0 Å². The van der Waals surface area contributed by atoms with Crippen molar-refractivity contribution in [2.45, 2.75) is 33.6 Å². The number of hydrogen-bond donors (Lipinski definition) is 1. The molecule has 0 spiro atoms. The van der Waals surface area contributed by atoms with Crippen molar-refractivity contribution >= 4 is 11.9 Å². The predicted molar refractivity (Wildman–Crippen MR) is 75.8 cm³/mol. The van der Waals surface area contributed by atoms with E-state index in [0.29, 0.717) is 24.5 Å². The molecule has 0 bridgehead atoms. The third-order valence-electron chi connectivity index (χ3n) is 3.15. The van der Waals surface area contributed by atoms with Crippen LogP contribution in [0, 0.1) is 5.92 Å². The molecule has 0 saturated carbocycles. The van der Waals surface area contributed by atoms with Gasteiger partial charge in [0.25, 0.3) is 0 Å². The van der Waals surface area contributed by atoms with Gasteiger partial charge in [0.15, 0.2) is 0 Å². The lowest BCUT2D eigenvalue weighted by Crippen LogP contribution is -2.35. The fourth-order valence-corrected chi connectivity index (χ4v) is 2.29. The average Bonchev–Trinajstić information content (AvgIpc) is 2.39. The molecule has 6 heteroatoms. The van der Waals surface area contributed by atoms with Gasteiger partial charge in [0.1, 0.15) is 0 Å². The molecular weight excluding hydrogens is 242 g/mol. The van der Waals surface area contributed by atoms with Crippen molar-refractivity contribution in [3.63, 3.8) is 0 Å². The number of hydrogen-bond acceptors (Lipinski definition) is 6. The van der Waals surface area contributed by atoms with Crippen LogP contribution in [0.2, 0.25) is 0 Å². The summed E-state index contributed by atoms with van der Waals surface area (Å²) < 4.78 is 5.42. The van der Waals surface area contributed by atoms with E-state index in [0.717, 1.165) is 25.6 Å². The molecule has 106 valence electrons. The summed E-state index contributed by atoms with van der Waals surface area (Å²) in [6, 6.07) is 0.404. The summed E-state index contributed by atoms with van der Waals surface area (Å²) in [5, 5.41) is 3.13. The van der Waals surface area contributed by atoms with Crippen molar-refractivity contribution < 1.29 is 4.74 Å². The first kappa shape index (κ1) is 13.8. The van der Waals surface area contributed by atoms with Crippen molar-refractivity contribution in [3.05, 3.63) is 0 Å². The summed E-state index contributed by atoms with van der Waals surface area (Å²) >= 11 is 0. The van der Waals surface area contributed by atoms with Gasteiger partial charge in [-0.25, -0.2) is 0 Å². The first-order valence-corrected chi connectivity index (χ1v) is 7.10. The van der Waals surface area contributed by atoms with Crippen LogP contribution in [-0.4, -0.2) is 41.2 Å². The highest BCUT2D eigenvalue weighted by Crippen LogP contribution is 2.22. The van der Waals surface area contributed by atoms with E-state index >= 15 is 0 Å². The lowest BCUT2D eigenvalue weighted by Gasteiger charge is -2.31. The van der Waals surface area contributed by atoms with Crippen molar-refractivity contribution in [1.29, 1.82) is 0 Å². The molecule has 1 aromatic rings. The number of anilines is 2. The van der Waals surface area contributed by atoms with E-state index in [2.05, 4.69) is 32.1 Å². The van der Waals surface area contributed by atoms with Crippen LogP contribution in [0.15, 0.2) is 0 Å². The van der Waals surface area contributed by atoms with Crippen LogP contribution in [0.5, 0.6) is 6.01 Å². The third-order valence-corrected chi connectivity index (χ3v) is 3.15. The number of ether oxygens (including phenoxy) is 1. The molecule has 2 rings (SSSR count). The molecule has 1 saturated heterocycles. The summed E-state index contributed by atoms with van der Waals surface area (Å²) in [5.41, 5.74) is 0. The van der Waals surface area contributed by atoms with Crippen LogP contribution < -0.4 is 15.0 Å². The minimum absolute atomic E-state index is 0.404. The highest BCUT2D eigenvalue weighted by molar-refractivity contribution is 5.38. The SMILES string of the molecule is CCNc1nc(OCC)nc(N2CCCC(C)C2)n1. The molecule has 1 aromatic heterocycles. The molecule has 1 aliphatic rings. The Balaban J connectivity index is 2.21. The molecule has 0 amide bonds. The predicted octanol–water partition coefficient (Wildman–Crippen LogP) is 1.94. The number of aromatic nitrogens is 3. The number of piperidine rings is 1. The summed E-state index contributed by atoms with van der Waals surface area (Å²) in [5.74, 6) is 2.00. The van der Waals surface area contributed by atoms with Gasteiger partial charge in [-0.1, -0.05) is 6.92 Å². The molecule has 1 fully saturated rings. The molecule has 0 aliphatic carbocycles. The van der Waals surface area contributed by atoms with Crippen LogP contribution in [0.4, 0.5) is 11.9 Å². The van der Waals surface area contributed by atoms with Gasteiger partial charge in [0.2, 0.25) is 11.9 Å². The van der Waals surface area contributed by atoms with Crippen LogP contribution in [0.25, 0.3) is 0 Å². The Morgan fingerprint density at radius 2 is 2.16 bits per heavy atom. The maximum Gasteiger partial charge on any atom is 0.323 e. The summed E-state index contributed by atoms with van der Waals surface area (Å²) in [6.45, 7) is 9.57. The van der Waals surface area contributed by atoms with Crippen molar-refractivity contribution in [2.75, 3.05) is 36.5 Å². The van der Waals surface area contributed by atoms with Gasteiger partial charge in [-0.15, -0.1) is 0 Å². The Bertz CT molecular complexity index is 388. The monoisotopic (exact) mass is 265 g/mol. The first-order valence-electron chi connectivity index (χ1n) is 7.10. The fourth-order valence-electron chi connectivity index (χ4n) is 2.29. The van der Waals surface area contributed by atoms with Crippen molar-refractivity contribution in [3.8, 4) is 6.01 Å². The molecule has 0 aromatic carbocycles. The Morgan fingerprint density at radius 1 is 1.32 bits per heavy atom. The van der Waals surface area contributed by atoms with E-state index in [1.165, 1.54) is 12.8 Å². The lowest BCUT2D eigenvalue weighted by atomic mass is 10.0. The normalized spacial score (nSPS) is 19.3. The maximum absolute atomic E-state index is 5.42. The minimum Gasteiger partial charge on any atom is -0.464 e. The zero-order valence-corrected chi connectivity index (χ0v) is 12.0. The Labute approximate surface area is 114 Å². The van der Waals surface area contributed by atoms with E-state index < -0.39 is 0 Å². The van der Waals surface area contributed by atoms with E-state index in [4.69, 9.17) is 4.74 Å². The second-order valence-electron chi connectivity index (χ2n) is 4.90. The van der Waals surface area contributed by atoms with Crippen LogP contribution in [0.1, 0.15) is 33.6 Å². The number of nitrogens with zero attached hydrogens (tertiary/aromatic N) is 4. The molecule has 2 heterocycles. The average molecular weight is 265 g/mol. The van der Waals surface area contributed by atoms with E-state index in [9.17, 15) is 0 Å². The molecular formula is C13H23N5O. The Kier molecular flexibility index (Phi) is 4.76. The van der Waals surface area contributed by atoms with Crippen molar-refractivity contribution in [2.24, 2.45) is 5.92 Å². The second-order valence-corrected chi connectivity index (χ2v) is 4.90. The zero-order chi connectivity index (χ0) is 13.7. The van der Waals surface area contributed by atoms with Gasteiger partial charge >= 0.3 is 6.01 Å². The van der Waals surface area contributed by atoms with Gasteiger partial charge in [-0.3, -0.25) is 0 Å². The number of nitrogens with one attached hydrogen (secondary N) is 1. The van der Waals surface area contributed by atoms with Gasteiger partial charge in [-0.2, -0.15) is 15.0 Å². The molecule has 6 nitrogen and oxygen atoms in total. The molecule has 1 unspecified atom stereocenters. The fraction of sp³-hybridized carbons (Fsp3) is 0.769. The highest BCUT2D eigenvalue weighted by atomic mass is 16.5. The van der Waals surface area contributed by atoms with Gasteiger partial charge in [0, 0.05) is 19.6 Å². The van der Waals surface area contributed by atoms with Gasteiger partial charge < -0.3 is 15.0 Å². The zero-order valence-electron chi connectivity index (χ0n) is 12.0. The molecule has 1 N–H and O–H groups in total. The van der Waals surface area contributed by atoms with Crippen LogP contribution >= 0.6 is 0 Å². The van der Waals surface area contributed by atoms with Crippen molar-refractivity contribution in [1.82, 2.24) is 15.0 Å².